The summed E-state index contributed by atoms with van der Waals surface area (Å²) in [5, 5.41) is 7.36. The number of rotatable bonds is 5. The van der Waals surface area contributed by atoms with E-state index in [4.69, 9.17) is 33.0 Å². The van der Waals surface area contributed by atoms with Crippen LogP contribution >= 0.6 is 23.8 Å². The summed E-state index contributed by atoms with van der Waals surface area (Å²) >= 11 is 10.7. The fourth-order valence-corrected chi connectivity index (χ4v) is 3.01. The van der Waals surface area contributed by atoms with Gasteiger partial charge in [-0.25, -0.2) is 9.89 Å². The van der Waals surface area contributed by atoms with Crippen LogP contribution in [-0.4, -0.2) is 47.3 Å². The van der Waals surface area contributed by atoms with Crippen molar-refractivity contribution in [3.63, 3.8) is 0 Å². The van der Waals surface area contributed by atoms with Gasteiger partial charge in [-0.2, -0.15) is 0 Å². The molecule has 2 aromatic rings. The number of hydrogen-bond acceptors (Lipinski definition) is 6. The molecule has 1 aromatic carbocycles. The molecule has 0 bridgehead atoms. The average Bonchev–Trinajstić information content (AvgIpc) is 3.02. The van der Waals surface area contributed by atoms with E-state index in [1.807, 2.05) is 0 Å². The van der Waals surface area contributed by atoms with Crippen LogP contribution in [0.3, 0.4) is 0 Å². The maximum absolute atomic E-state index is 11.9. The van der Waals surface area contributed by atoms with E-state index in [0.717, 1.165) is 32.5 Å². The number of carbonyl (C=O) groups is 1. The lowest BCUT2D eigenvalue weighted by molar-refractivity contribution is 0.0446. The average molecular weight is 368 g/mol. The number of halogens is 1. The molecule has 1 N–H and O–H groups in total. The Balaban J connectivity index is 1.40. The molecule has 0 atom stereocenters. The van der Waals surface area contributed by atoms with Gasteiger partial charge in [0.25, 0.3) is 4.84 Å². The van der Waals surface area contributed by atoms with Gasteiger partial charge >= 0.3 is 5.97 Å². The number of nitrogens with zero attached hydrogens (tertiary/aromatic N) is 2. The van der Waals surface area contributed by atoms with Crippen LogP contribution in [0.4, 0.5) is 0 Å². The van der Waals surface area contributed by atoms with Crippen molar-refractivity contribution in [3.8, 4) is 0 Å². The maximum Gasteiger partial charge on any atom is 0.338 e. The lowest BCUT2D eigenvalue weighted by atomic mass is 9.97. The van der Waals surface area contributed by atoms with Gasteiger partial charge in [-0.3, -0.25) is 4.90 Å². The van der Waals surface area contributed by atoms with Gasteiger partial charge in [0.2, 0.25) is 5.89 Å². The SMILES string of the molecule is O=C(OCCN1CCC(c2n[nH]c(=S)o2)CC1)c1ccc(Cl)cc1. The zero-order valence-corrected chi connectivity index (χ0v) is 14.6. The van der Waals surface area contributed by atoms with E-state index >= 15 is 0 Å². The molecule has 1 aliphatic rings. The number of aromatic amines is 1. The highest BCUT2D eigenvalue weighted by atomic mass is 35.5. The molecule has 1 aromatic heterocycles. The minimum atomic E-state index is -0.324. The Morgan fingerprint density at radius 2 is 2.08 bits per heavy atom. The molecule has 1 fully saturated rings. The molecule has 24 heavy (non-hydrogen) atoms. The van der Waals surface area contributed by atoms with Crippen LogP contribution < -0.4 is 0 Å². The molecule has 0 spiro atoms. The van der Waals surface area contributed by atoms with Crippen LogP contribution in [0.15, 0.2) is 28.7 Å². The fraction of sp³-hybridized carbons (Fsp3) is 0.438. The largest absolute Gasteiger partial charge is 0.461 e. The minimum absolute atomic E-state index is 0.297. The summed E-state index contributed by atoms with van der Waals surface area (Å²) in [6.07, 6.45) is 1.91. The summed E-state index contributed by atoms with van der Waals surface area (Å²) in [4.78, 5) is 14.5. The number of nitrogens with one attached hydrogen (secondary N) is 1. The van der Waals surface area contributed by atoms with Crippen molar-refractivity contribution in [1.82, 2.24) is 15.1 Å². The summed E-state index contributed by atoms with van der Waals surface area (Å²) in [5.74, 6) is 0.662. The number of piperidine rings is 1. The van der Waals surface area contributed by atoms with Gasteiger partial charge < -0.3 is 9.15 Å². The molecule has 2 heterocycles. The molecular weight excluding hydrogens is 350 g/mol. The zero-order valence-electron chi connectivity index (χ0n) is 13.0. The highest BCUT2D eigenvalue weighted by molar-refractivity contribution is 7.71. The number of hydrogen-bond donors (Lipinski definition) is 1. The zero-order chi connectivity index (χ0) is 16.9. The van der Waals surface area contributed by atoms with Crippen molar-refractivity contribution < 1.29 is 13.9 Å². The van der Waals surface area contributed by atoms with Gasteiger partial charge in [0.1, 0.15) is 6.61 Å². The van der Waals surface area contributed by atoms with Gasteiger partial charge in [-0.1, -0.05) is 11.6 Å². The fourth-order valence-electron chi connectivity index (χ4n) is 2.76. The van der Waals surface area contributed by atoms with Crippen LogP contribution in [0.5, 0.6) is 0 Å². The van der Waals surface area contributed by atoms with E-state index in [-0.39, 0.29) is 5.97 Å². The second-order valence-electron chi connectivity index (χ2n) is 5.71. The molecule has 8 heteroatoms. The quantitative estimate of drug-likeness (QED) is 0.645. The summed E-state index contributed by atoms with van der Waals surface area (Å²) in [6, 6.07) is 6.68. The number of carbonyl (C=O) groups excluding carboxylic acids is 1. The molecule has 1 saturated heterocycles. The Labute approximate surface area is 149 Å². The molecule has 0 unspecified atom stereocenters. The Bertz CT molecular complexity index is 736. The molecule has 0 radical (unpaired) electrons. The first-order valence-corrected chi connectivity index (χ1v) is 8.61. The van der Waals surface area contributed by atoms with Crippen molar-refractivity contribution in [3.05, 3.63) is 45.6 Å². The smallest absolute Gasteiger partial charge is 0.338 e. The number of esters is 1. The monoisotopic (exact) mass is 367 g/mol. The molecule has 6 nitrogen and oxygen atoms in total. The van der Waals surface area contributed by atoms with E-state index in [1.165, 1.54) is 0 Å². The maximum atomic E-state index is 11.9. The number of H-pyrrole nitrogens is 1. The topological polar surface area (TPSA) is 71.4 Å². The van der Waals surface area contributed by atoms with Crippen molar-refractivity contribution in [2.75, 3.05) is 26.2 Å². The van der Waals surface area contributed by atoms with E-state index in [0.29, 0.717) is 33.8 Å². The number of likely N-dealkylation sites (tertiary alicyclic amines) is 1. The summed E-state index contributed by atoms with van der Waals surface area (Å²) in [7, 11) is 0. The highest BCUT2D eigenvalue weighted by Crippen LogP contribution is 2.26. The standard InChI is InChI=1S/C16H18ClN3O3S/c17-13-3-1-12(2-4-13)15(21)22-10-9-20-7-5-11(6-8-20)14-18-19-16(24)23-14/h1-4,11H,5-10H2,(H,19,24). The molecular formula is C16H18ClN3O3S. The Morgan fingerprint density at radius 1 is 1.38 bits per heavy atom. The van der Waals surface area contributed by atoms with Crippen LogP contribution in [0.2, 0.25) is 5.02 Å². The molecule has 0 aliphatic carbocycles. The normalized spacial score (nSPS) is 16.2. The molecule has 1 aliphatic heterocycles. The molecule has 3 rings (SSSR count). The van der Waals surface area contributed by atoms with Gasteiger partial charge in [-0.15, -0.1) is 5.10 Å². The highest BCUT2D eigenvalue weighted by Gasteiger charge is 2.24. The number of aromatic nitrogens is 2. The number of benzene rings is 1. The van der Waals surface area contributed by atoms with Gasteiger partial charge in [0.15, 0.2) is 0 Å². The summed E-state index contributed by atoms with van der Waals surface area (Å²) in [5.41, 5.74) is 0.512. The predicted octanol–water partition coefficient (Wildman–Crippen LogP) is 3.42. The molecule has 0 amide bonds. The van der Waals surface area contributed by atoms with E-state index < -0.39 is 0 Å². The third-order valence-electron chi connectivity index (χ3n) is 4.11. The Hall–Kier alpha value is -1.70. The summed E-state index contributed by atoms with van der Waals surface area (Å²) < 4.78 is 10.7. The Kier molecular flexibility index (Phi) is 5.65. The lowest BCUT2D eigenvalue weighted by Gasteiger charge is -2.30. The van der Waals surface area contributed by atoms with Crippen LogP contribution in [-0.2, 0) is 4.74 Å². The van der Waals surface area contributed by atoms with Crippen molar-refractivity contribution in [1.29, 1.82) is 0 Å². The van der Waals surface area contributed by atoms with Gasteiger partial charge in [-0.05, 0) is 62.4 Å². The number of ether oxygens (including phenoxy) is 1. The van der Waals surface area contributed by atoms with Gasteiger partial charge in [0, 0.05) is 17.5 Å². The van der Waals surface area contributed by atoms with E-state index in [9.17, 15) is 4.79 Å². The van der Waals surface area contributed by atoms with Crippen molar-refractivity contribution >= 4 is 29.8 Å². The molecule has 0 saturated carbocycles. The molecule has 128 valence electrons. The second kappa shape index (κ2) is 7.92. The van der Waals surface area contributed by atoms with Crippen molar-refractivity contribution in [2.45, 2.75) is 18.8 Å². The first-order chi connectivity index (χ1) is 11.6. The van der Waals surface area contributed by atoms with Crippen LogP contribution in [0.1, 0.15) is 35.0 Å². The lowest BCUT2D eigenvalue weighted by Crippen LogP contribution is -2.35. The van der Waals surface area contributed by atoms with Crippen LogP contribution in [0, 0.1) is 4.84 Å². The first-order valence-electron chi connectivity index (χ1n) is 7.82. The van der Waals surface area contributed by atoms with Crippen molar-refractivity contribution in [2.24, 2.45) is 0 Å². The Morgan fingerprint density at radius 3 is 2.71 bits per heavy atom. The van der Waals surface area contributed by atoms with E-state index in [2.05, 4.69) is 15.1 Å². The predicted molar refractivity (Wildman–Crippen MR) is 91.8 cm³/mol. The third-order valence-corrected chi connectivity index (χ3v) is 4.54. The summed E-state index contributed by atoms with van der Waals surface area (Å²) in [6.45, 7) is 2.92. The minimum Gasteiger partial charge on any atom is -0.461 e. The van der Waals surface area contributed by atoms with Gasteiger partial charge in [0.05, 0.1) is 5.56 Å². The van der Waals surface area contributed by atoms with E-state index in [1.54, 1.807) is 24.3 Å². The second-order valence-corrected chi connectivity index (χ2v) is 6.52. The first kappa shape index (κ1) is 17.1. The van der Waals surface area contributed by atoms with Crippen LogP contribution in [0.25, 0.3) is 0 Å². The third kappa shape index (κ3) is 4.43.